The summed E-state index contributed by atoms with van der Waals surface area (Å²) in [7, 11) is 0. The highest BCUT2D eigenvalue weighted by atomic mass is 16.5. The molecule has 0 radical (unpaired) electrons. The normalized spacial score (nSPS) is 18.6. The van der Waals surface area contributed by atoms with E-state index in [1.54, 1.807) is 12.1 Å². The fourth-order valence-corrected chi connectivity index (χ4v) is 4.21. The molecule has 1 heterocycles. The zero-order valence-electron chi connectivity index (χ0n) is 19.7. The summed E-state index contributed by atoms with van der Waals surface area (Å²) in [5.74, 6) is 0.338. The number of carbonyl (C=O) groups excluding carboxylic acids is 1. The molecule has 9 heteroatoms. The number of hydrogen-bond acceptors (Lipinski definition) is 6. The van der Waals surface area contributed by atoms with Gasteiger partial charge in [0.15, 0.2) is 11.6 Å². The topological polar surface area (TPSA) is 143 Å². The Balaban J connectivity index is 1.74. The average Bonchev–Trinajstić information content (AvgIpc) is 3.30. The van der Waals surface area contributed by atoms with Crippen molar-refractivity contribution >= 4 is 11.8 Å². The summed E-state index contributed by atoms with van der Waals surface area (Å²) in [6.45, 7) is 0.612. The number of rotatable bonds is 11. The highest BCUT2D eigenvalue weighted by molar-refractivity contribution is 6.00. The summed E-state index contributed by atoms with van der Waals surface area (Å²) in [5, 5.41) is 12.6. The monoisotopic (exact) mass is 485 g/mol. The van der Waals surface area contributed by atoms with Crippen LogP contribution in [-0.4, -0.2) is 35.7 Å². The molecule has 1 aliphatic rings. The Morgan fingerprint density at radius 3 is 2.44 bits per heavy atom. The first-order valence-corrected chi connectivity index (χ1v) is 11.6. The third-order valence-electron chi connectivity index (χ3n) is 6.05. The molecule has 1 amide bonds. The maximum absolute atomic E-state index is 13.1. The molecule has 3 aromatic rings. The van der Waals surface area contributed by atoms with Gasteiger partial charge in [0.1, 0.15) is 5.75 Å². The van der Waals surface area contributed by atoms with Crippen molar-refractivity contribution in [2.24, 2.45) is 15.8 Å². The second kappa shape index (κ2) is 11.4. The van der Waals surface area contributed by atoms with E-state index in [1.165, 1.54) is 0 Å². The van der Waals surface area contributed by atoms with Crippen LogP contribution in [-0.2, 0) is 22.5 Å². The Morgan fingerprint density at radius 1 is 1.08 bits per heavy atom. The minimum absolute atomic E-state index is 0.0603. The second-order valence-electron chi connectivity index (χ2n) is 8.40. The summed E-state index contributed by atoms with van der Waals surface area (Å²) in [4.78, 5) is 20.8. The van der Waals surface area contributed by atoms with E-state index in [0.717, 1.165) is 16.7 Å². The lowest BCUT2D eigenvalue weighted by atomic mass is 9.81. The Bertz CT molecular complexity index is 1270. The zero-order valence-corrected chi connectivity index (χ0v) is 19.7. The maximum atomic E-state index is 13.1. The van der Waals surface area contributed by atoms with Gasteiger partial charge in [-0.3, -0.25) is 4.79 Å². The van der Waals surface area contributed by atoms with Gasteiger partial charge in [-0.25, -0.2) is 4.99 Å². The summed E-state index contributed by atoms with van der Waals surface area (Å²) in [6.07, 6.45) is -0.0389. The molecule has 0 aliphatic carbocycles. The van der Waals surface area contributed by atoms with E-state index in [2.05, 4.69) is 10.0 Å². The van der Waals surface area contributed by atoms with Crippen molar-refractivity contribution in [3.8, 4) is 5.75 Å². The molecule has 0 aromatic heterocycles. The predicted octanol–water partition coefficient (Wildman–Crippen LogP) is 4.24. The molecule has 2 atom stereocenters. The molecule has 0 fully saturated rings. The number of nitrogens with two attached hydrogens (primary N) is 1. The van der Waals surface area contributed by atoms with Crippen molar-refractivity contribution < 1.29 is 19.4 Å². The van der Waals surface area contributed by atoms with Crippen LogP contribution in [0.5, 0.6) is 5.75 Å². The SMILES string of the molecule is [N-]=[N+]=NCc1ccccc1C[C@]1(C(N)=O)N=C(c2ccc(OCCCO)cc2)O[C@H]1c1ccccc1. The Hall–Kier alpha value is -4.33. The number of carbonyl (C=O) groups is 1. The summed E-state index contributed by atoms with van der Waals surface area (Å²) in [5.41, 5.74) is 16.5. The van der Waals surface area contributed by atoms with Gasteiger partial charge in [0.25, 0.3) is 0 Å². The number of azide groups is 1. The number of ether oxygens (including phenoxy) is 2. The molecule has 0 saturated heterocycles. The van der Waals surface area contributed by atoms with Gasteiger partial charge in [-0.15, -0.1) is 0 Å². The number of aliphatic hydroxyl groups excluding tert-OH is 1. The van der Waals surface area contributed by atoms with E-state index in [9.17, 15) is 4.79 Å². The average molecular weight is 486 g/mol. The number of nitrogens with zero attached hydrogens (tertiary/aromatic N) is 4. The second-order valence-corrected chi connectivity index (χ2v) is 8.40. The van der Waals surface area contributed by atoms with Gasteiger partial charge in [-0.2, -0.15) is 0 Å². The van der Waals surface area contributed by atoms with Crippen LogP contribution in [0.3, 0.4) is 0 Å². The van der Waals surface area contributed by atoms with Crippen LogP contribution in [0.2, 0.25) is 0 Å². The molecular formula is C27H27N5O4. The standard InChI is InChI=1S/C27H27N5O4/c28-26(34)27(17-21-9-4-5-10-22(21)18-30-32-29)24(19-7-2-1-3-8-19)36-25(31-27)20-11-13-23(14-12-20)35-16-6-15-33/h1-5,7-14,24,33H,6,15-18H2,(H2,28,34)/t24-,27-/m0/s1. The van der Waals surface area contributed by atoms with Crippen molar-refractivity contribution in [3.05, 3.63) is 112 Å². The first-order chi connectivity index (χ1) is 17.6. The lowest BCUT2D eigenvalue weighted by Gasteiger charge is -2.29. The van der Waals surface area contributed by atoms with E-state index in [4.69, 9.17) is 30.8 Å². The summed E-state index contributed by atoms with van der Waals surface area (Å²) < 4.78 is 11.9. The summed E-state index contributed by atoms with van der Waals surface area (Å²) >= 11 is 0. The van der Waals surface area contributed by atoms with E-state index < -0.39 is 17.6 Å². The molecule has 0 unspecified atom stereocenters. The van der Waals surface area contributed by atoms with Crippen LogP contribution in [0.15, 0.2) is 89.0 Å². The number of amides is 1. The van der Waals surface area contributed by atoms with E-state index in [0.29, 0.717) is 30.2 Å². The van der Waals surface area contributed by atoms with Crippen molar-refractivity contribution in [1.29, 1.82) is 0 Å². The molecule has 3 N–H and O–H groups in total. The molecule has 9 nitrogen and oxygen atoms in total. The predicted molar refractivity (Wildman–Crippen MR) is 135 cm³/mol. The molecule has 184 valence electrons. The van der Waals surface area contributed by atoms with Crippen molar-refractivity contribution in [2.45, 2.75) is 31.0 Å². The summed E-state index contributed by atoms with van der Waals surface area (Å²) in [6, 6.07) is 24.0. The lowest BCUT2D eigenvalue weighted by Crippen LogP contribution is -2.47. The van der Waals surface area contributed by atoms with Crippen molar-refractivity contribution in [2.75, 3.05) is 13.2 Å². The molecule has 0 bridgehead atoms. The molecule has 0 spiro atoms. The number of primary amides is 1. The fourth-order valence-electron chi connectivity index (χ4n) is 4.21. The fraction of sp³-hybridized carbons (Fsp3) is 0.259. The largest absolute Gasteiger partial charge is 0.494 e. The number of aliphatic imine (C=N–C) groups is 1. The minimum atomic E-state index is -1.42. The highest BCUT2D eigenvalue weighted by Gasteiger charge is 2.52. The third-order valence-corrected chi connectivity index (χ3v) is 6.05. The van der Waals surface area contributed by atoms with E-state index in [-0.39, 0.29) is 19.6 Å². The third kappa shape index (κ3) is 5.33. The van der Waals surface area contributed by atoms with Crippen LogP contribution >= 0.6 is 0 Å². The van der Waals surface area contributed by atoms with E-state index >= 15 is 0 Å². The van der Waals surface area contributed by atoms with Gasteiger partial charge >= 0.3 is 0 Å². The van der Waals surface area contributed by atoms with Crippen LogP contribution in [0, 0.1) is 0 Å². The molecule has 0 saturated carbocycles. The number of hydrogen-bond donors (Lipinski definition) is 2. The number of aliphatic hydroxyl groups is 1. The molecule has 3 aromatic carbocycles. The zero-order chi connectivity index (χ0) is 25.4. The Kier molecular flexibility index (Phi) is 7.85. The number of benzene rings is 3. The minimum Gasteiger partial charge on any atom is -0.494 e. The van der Waals surface area contributed by atoms with Crippen LogP contribution in [0.1, 0.15) is 34.8 Å². The van der Waals surface area contributed by atoms with Crippen LogP contribution < -0.4 is 10.5 Å². The molecule has 1 aliphatic heterocycles. The Morgan fingerprint density at radius 2 is 1.78 bits per heavy atom. The van der Waals surface area contributed by atoms with Gasteiger partial charge in [-0.1, -0.05) is 59.7 Å². The highest BCUT2D eigenvalue weighted by Crippen LogP contribution is 2.42. The van der Waals surface area contributed by atoms with Gasteiger partial charge in [0, 0.05) is 29.9 Å². The lowest BCUT2D eigenvalue weighted by molar-refractivity contribution is -0.125. The van der Waals surface area contributed by atoms with Gasteiger partial charge < -0.3 is 20.3 Å². The van der Waals surface area contributed by atoms with Gasteiger partial charge in [0.05, 0.1) is 13.2 Å². The Labute approximate surface area is 208 Å². The molecule has 4 rings (SSSR count). The smallest absolute Gasteiger partial charge is 0.250 e. The van der Waals surface area contributed by atoms with Crippen molar-refractivity contribution in [3.63, 3.8) is 0 Å². The van der Waals surface area contributed by atoms with E-state index in [1.807, 2.05) is 66.7 Å². The van der Waals surface area contributed by atoms with Gasteiger partial charge in [0.2, 0.25) is 11.8 Å². The molecule has 36 heavy (non-hydrogen) atoms. The van der Waals surface area contributed by atoms with Gasteiger partial charge in [-0.05, 0) is 46.5 Å². The van der Waals surface area contributed by atoms with Crippen molar-refractivity contribution in [1.82, 2.24) is 0 Å². The first-order valence-electron chi connectivity index (χ1n) is 11.6. The first kappa shape index (κ1) is 24.8. The maximum Gasteiger partial charge on any atom is 0.250 e. The quantitative estimate of drug-likeness (QED) is 0.181. The molecular weight excluding hydrogens is 458 g/mol. The van der Waals surface area contributed by atoms with Crippen LogP contribution in [0.25, 0.3) is 10.4 Å². The van der Waals surface area contributed by atoms with Crippen LogP contribution in [0.4, 0.5) is 0 Å².